The molecule has 3 N–H and O–H groups in total. The van der Waals surface area contributed by atoms with Crippen LogP contribution in [0, 0.1) is 5.92 Å². The number of ether oxygens (including phenoxy) is 1. The maximum atomic E-state index is 12.5. The summed E-state index contributed by atoms with van der Waals surface area (Å²) in [6, 6.07) is 17.9. The average molecular weight is 473 g/mol. The van der Waals surface area contributed by atoms with E-state index >= 15 is 0 Å². The fourth-order valence-electron chi connectivity index (χ4n) is 5.88. The molecule has 2 amide bonds. The lowest BCUT2D eigenvalue weighted by molar-refractivity contribution is -0.127. The number of carbonyl (C=O) groups is 2. The molecule has 2 aliphatic heterocycles. The number of benzene rings is 2. The number of hydrazine groups is 1. The highest BCUT2D eigenvalue weighted by Crippen LogP contribution is 2.41. The van der Waals surface area contributed by atoms with Crippen molar-refractivity contribution in [3.05, 3.63) is 84.6 Å². The number of nitrogens with one attached hydrogen (secondary N) is 1. The number of para-hydroxylation sites is 1. The topological polar surface area (TPSA) is 87.9 Å². The molecule has 2 heterocycles. The summed E-state index contributed by atoms with van der Waals surface area (Å²) in [6.45, 7) is 6.43. The SMILES string of the molecule is C=CC(=O)N1CCC2C[C@@H](N3C=C(C(N)=O)C(C)(c4ccc(Oc5ccccc5)cc4)N3)CCC21. The van der Waals surface area contributed by atoms with E-state index in [-0.39, 0.29) is 18.0 Å². The van der Waals surface area contributed by atoms with Crippen LogP contribution in [0.1, 0.15) is 38.2 Å². The van der Waals surface area contributed by atoms with Crippen LogP contribution in [0.3, 0.4) is 0 Å². The molecule has 3 unspecified atom stereocenters. The van der Waals surface area contributed by atoms with E-state index in [4.69, 9.17) is 10.5 Å². The molecule has 0 bridgehead atoms. The summed E-state index contributed by atoms with van der Waals surface area (Å²) >= 11 is 0. The van der Waals surface area contributed by atoms with Crippen LogP contribution in [0.4, 0.5) is 0 Å². The van der Waals surface area contributed by atoms with Crippen molar-refractivity contribution in [2.75, 3.05) is 6.54 Å². The second-order valence-corrected chi connectivity index (χ2v) is 9.81. The van der Waals surface area contributed by atoms with Gasteiger partial charge < -0.3 is 20.4 Å². The van der Waals surface area contributed by atoms with E-state index in [0.717, 1.165) is 49.3 Å². The average Bonchev–Trinajstić information content (AvgIpc) is 3.46. The Kier molecular flexibility index (Phi) is 6.11. The molecule has 2 aromatic carbocycles. The highest BCUT2D eigenvalue weighted by Gasteiger charge is 2.46. The van der Waals surface area contributed by atoms with Gasteiger partial charge >= 0.3 is 0 Å². The monoisotopic (exact) mass is 472 g/mol. The van der Waals surface area contributed by atoms with Gasteiger partial charge in [-0.2, -0.15) is 0 Å². The van der Waals surface area contributed by atoms with Crippen LogP contribution in [0.5, 0.6) is 11.5 Å². The van der Waals surface area contributed by atoms with E-state index in [0.29, 0.717) is 11.5 Å². The molecule has 3 aliphatic rings. The molecule has 0 radical (unpaired) electrons. The lowest BCUT2D eigenvalue weighted by Gasteiger charge is -2.40. The van der Waals surface area contributed by atoms with E-state index in [2.05, 4.69) is 17.0 Å². The standard InChI is InChI=1S/C28H32N4O3/c1-3-26(33)31-16-15-19-17-21(11-14-25(19)31)32-18-24(27(29)34)28(2,30-32)20-9-12-23(13-10-20)35-22-7-5-4-6-8-22/h3-10,12-13,18-19,21,25,30H,1,11,14-17H2,2H3,(H2,29,34)/t19?,21-,25?,28?/m0/s1. The first-order chi connectivity index (χ1) is 16.9. The van der Waals surface area contributed by atoms with Gasteiger partial charge in [-0.3, -0.25) is 9.59 Å². The first-order valence-electron chi connectivity index (χ1n) is 12.2. The van der Waals surface area contributed by atoms with E-state index in [1.165, 1.54) is 6.08 Å². The highest BCUT2D eigenvalue weighted by atomic mass is 16.5. The van der Waals surface area contributed by atoms with Crippen LogP contribution in [0.2, 0.25) is 0 Å². The highest BCUT2D eigenvalue weighted by molar-refractivity contribution is 5.95. The zero-order valence-electron chi connectivity index (χ0n) is 20.0. The zero-order chi connectivity index (χ0) is 24.6. The Morgan fingerprint density at radius 3 is 2.49 bits per heavy atom. The number of nitrogens with two attached hydrogens (primary N) is 1. The lowest BCUT2D eigenvalue weighted by atomic mass is 9.82. The largest absolute Gasteiger partial charge is 0.457 e. The molecule has 5 rings (SSSR count). The number of amides is 2. The molecule has 7 heteroatoms. The molecule has 2 aromatic rings. The van der Waals surface area contributed by atoms with Crippen LogP contribution >= 0.6 is 0 Å². The first-order valence-corrected chi connectivity index (χ1v) is 12.2. The fourth-order valence-corrected chi connectivity index (χ4v) is 5.88. The smallest absolute Gasteiger partial charge is 0.248 e. The first kappa shape index (κ1) is 23.2. The molecule has 1 saturated heterocycles. The molecule has 4 atom stereocenters. The third kappa shape index (κ3) is 4.32. The summed E-state index contributed by atoms with van der Waals surface area (Å²) in [4.78, 5) is 26.6. The Balaban J connectivity index is 1.31. The Labute approximate surface area is 206 Å². The maximum absolute atomic E-state index is 12.5. The van der Waals surface area contributed by atoms with Gasteiger partial charge in [0.05, 0.1) is 11.1 Å². The van der Waals surface area contributed by atoms with Crippen LogP contribution in [0.25, 0.3) is 0 Å². The summed E-state index contributed by atoms with van der Waals surface area (Å²) in [5.74, 6) is 1.53. The summed E-state index contributed by atoms with van der Waals surface area (Å²) < 4.78 is 5.92. The van der Waals surface area contributed by atoms with Gasteiger partial charge in [0.15, 0.2) is 0 Å². The predicted octanol–water partition coefficient (Wildman–Crippen LogP) is 3.84. The fraction of sp³-hybridized carbons (Fsp3) is 0.357. The molecule has 0 aromatic heterocycles. The van der Waals surface area contributed by atoms with Gasteiger partial charge in [0.1, 0.15) is 11.5 Å². The number of rotatable bonds is 6. The van der Waals surface area contributed by atoms with Gasteiger partial charge in [0.2, 0.25) is 11.8 Å². The summed E-state index contributed by atoms with van der Waals surface area (Å²) in [5, 5.41) is 2.07. The number of likely N-dealkylation sites (tertiary alicyclic amines) is 1. The summed E-state index contributed by atoms with van der Waals surface area (Å²) in [6.07, 6.45) is 7.12. The second-order valence-electron chi connectivity index (χ2n) is 9.81. The summed E-state index contributed by atoms with van der Waals surface area (Å²) in [5.41, 5.74) is 10.1. The lowest BCUT2D eigenvalue weighted by Crippen LogP contribution is -2.51. The molecule has 2 fully saturated rings. The van der Waals surface area contributed by atoms with Crippen LogP contribution in [-0.4, -0.2) is 40.4 Å². The van der Waals surface area contributed by atoms with Crippen molar-refractivity contribution in [3.8, 4) is 11.5 Å². The second kappa shape index (κ2) is 9.23. The van der Waals surface area contributed by atoms with Crippen LogP contribution < -0.4 is 15.9 Å². The summed E-state index contributed by atoms with van der Waals surface area (Å²) in [7, 11) is 0. The number of carbonyl (C=O) groups excluding carboxylic acids is 2. The van der Waals surface area contributed by atoms with Crippen LogP contribution in [-0.2, 0) is 15.1 Å². The minimum absolute atomic E-state index is 0.0263. The Bertz CT molecular complexity index is 1150. The Morgan fingerprint density at radius 1 is 1.09 bits per heavy atom. The van der Waals surface area contributed by atoms with E-state index in [9.17, 15) is 9.59 Å². The number of hydrogen-bond donors (Lipinski definition) is 2. The molecule has 1 saturated carbocycles. The van der Waals surface area contributed by atoms with Gasteiger partial charge in [-0.1, -0.05) is 36.9 Å². The Hall–Kier alpha value is -3.58. The Morgan fingerprint density at radius 2 is 1.80 bits per heavy atom. The molecular formula is C28H32N4O3. The maximum Gasteiger partial charge on any atom is 0.248 e. The van der Waals surface area contributed by atoms with Crippen molar-refractivity contribution in [3.63, 3.8) is 0 Å². The molecule has 0 spiro atoms. The van der Waals surface area contributed by atoms with E-state index in [1.54, 1.807) is 0 Å². The molecule has 182 valence electrons. The number of fused-ring (bicyclic) bond motifs is 1. The minimum Gasteiger partial charge on any atom is -0.457 e. The third-order valence-corrected chi connectivity index (χ3v) is 7.74. The predicted molar refractivity (Wildman–Crippen MR) is 134 cm³/mol. The van der Waals surface area contributed by atoms with Gasteiger partial charge in [-0.05, 0) is 74.4 Å². The molecule has 1 aliphatic carbocycles. The molecule has 7 nitrogen and oxygen atoms in total. The molecule has 35 heavy (non-hydrogen) atoms. The van der Waals surface area contributed by atoms with Crippen molar-refractivity contribution < 1.29 is 14.3 Å². The van der Waals surface area contributed by atoms with Gasteiger partial charge in [0.25, 0.3) is 0 Å². The van der Waals surface area contributed by atoms with Gasteiger partial charge in [-0.25, -0.2) is 5.43 Å². The van der Waals surface area contributed by atoms with Crippen LogP contribution in [0.15, 0.2) is 79.0 Å². The number of primary amides is 1. The van der Waals surface area contributed by atoms with E-state index in [1.807, 2.05) is 72.6 Å². The zero-order valence-corrected chi connectivity index (χ0v) is 20.0. The van der Waals surface area contributed by atoms with Crippen molar-refractivity contribution in [2.24, 2.45) is 11.7 Å². The van der Waals surface area contributed by atoms with E-state index < -0.39 is 11.4 Å². The number of nitrogens with zero attached hydrogens (tertiary/aromatic N) is 2. The number of hydrogen-bond acceptors (Lipinski definition) is 5. The van der Waals surface area contributed by atoms with Crippen molar-refractivity contribution in [1.29, 1.82) is 0 Å². The van der Waals surface area contributed by atoms with Gasteiger partial charge in [-0.15, -0.1) is 0 Å². The van der Waals surface area contributed by atoms with Crippen molar-refractivity contribution >= 4 is 11.8 Å². The minimum atomic E-state index is -0.742. The quantitative estimate of drug-likeness (QED) is 0.624. The van der Waals surface area contributed by atoms with Crippen molar-refractivity contribution in [1.82, 2.24) is 15.3 Å². The van der Waals surface area contributed by atoms with Gasteiger partial charge in [0, 0.05) is 24.8 Å². The normalized spacial score (nSPS) is 27.8. The third-order valence-electron chi connectivity index (χ3n) is 7.74. The molecular weight excluding hydrogens is 440 g/mol. The van der Waals surface area contributed by atoms with Crippen molar-refractivity contribution in [2.45, 2.75) is 50.2 Å².